The third kappa shape index (κ3) is 4.69. The highest BCUT2D eigenvalue weighted by atomic mass is 79.9. The van der Waals surface area contributed by atoms with Gasteiger partial charge in [0.25, 0.3) is 0 Å². The normalized spacial score (nSPS) is 12.0. The van der Waals surface area contributed by atoms with Gasteiger partial charge in [-0.05, 0) is 67.1 Å². The van der Waals surface area contributed by atoms with Crippen molar-refractivity contribution in [3.8, 4) is 0 Å². The molecule has 6 heteroatoms. The molecule has 0 radical (unpaired) electrons. The third-order valence-corrected chi connectivity index (χ3v) is 6.95. The second-order valence-electron chi connectivity index (χ2n) is 6.21. The fourth-order valence-corrected chi connectivity index (χ4v) is 4.49. The van der Waals surface area contributed by atoms with E-state index in [0.29, 0.717) is 11.1 Å². The van der Waals surface area contributed by atoms with Gasteiger partial charge in [-0.2, -0.15) is 0 Å². The number of carbonyl (C=O) groups excluding carboxylic acids is 1. The van der Waals surface area contributed by atoms with Crippen LogP contribution in [0.5, 0.6) is 0 Å². The Morgan fingerprint density at radius 2 is 1.29 bits per heavy atom. The molecular formula is C22H16Br2O3S. The number of halogens is 2. The first-order valence-corrected chi connectivity index (χ1v) is 11.4. The van der Waals surface area contributed by atoms with E-state index >= 15 is 0 Å². The van der Waals surface area contributed by atoms with Gasteiger partial charge in [0.05, 0.1) is 4.90 Å². The van der Waals surface area contributed by atoms with Crippen molar-refractivity contribution in [1.29, 1.82) is 0 Å². The molecule has 0 N–H and O–H groups in total. The molecule has 0 unspecified atom stereocenters. The Morgan fingerprint density at radius 1 is 0.786 bits per heavy atom. The summed E-state index contributed by atoms with van der Waals surface area (Å²) in [6.07, 6.45) is 1.42. The molecule has 0 aliphatic heterocycles. The lowest BCUT2D eigenvalue weighted by molar-refractivity contribution is 0.104. The first-order valence-electron chi connectivity index (χ1n) is 8.37. The number of carbonyl (C=O) groups is 1. The fraction of sp³-hybridized carbons (Fsp3) is 0.0455. The summed E-state index contributed by atoms with van der Waals surface area (Å²) in [4.78, 5) is 13.0. The van der Waals surface area contributed by atoms with Crippen molar-refractivity contribution in [2.75, 3.05) is 0 Å². The van der Waals surface area contributed by atoms with Crippen LogP contribution in [0, 0.1) is 6.92 Å². The second-order valence-corrected chi connectivity index (χ2v) is 9.96. The van der Waals surface area contributed by atoms with Crippen LogP contribution in [-0.2, 0) is 9.84 Å². The predicted octanol–water partition coefficient (Wildman–Crippen LogP) is 6.22. The number of Topliss-reactive ketones (excluding diaryl/α,β-unsaturated/α-hetero) is 1. The Morgan fingerprint density at radius 3 is 1.82 bits per heavy atom. The van der Waals surface area contributed by atoms with Gasteiger partial charge < -0.3 is 0 Å². The van der Waals surface area contributed by atoms with Crippen LogP contribution in [0.2, 0.25) is 0 Å². The summed E-state index contributed by atoms with van der Waals surface area (Å²) in [6, 6.07) is 20.2. The van der Waals surface area contributed by atoms with Gasteiger partial charge in [0.15, 0.2) is 0 Å². The quantitative estimate of drug-likeness (QED) is 0.297. The zero-order valence-electron chi connectivity index (χ0n) is 14.9. The summed E-state index contributed by atoms with van der Waals surface area (Å²) >= 11 is 6.68. The molecular weight excluding hydrogens is 504 g/mol. The minimum absolute atomic E-state index is 0.0897. The molecule has 3 nitrogen and oxygen atoms in total. The predicted molar refractivity (Wildman–Crippen MR) is 119 cm³/mol. The van der Waals surface area contributed by atoms with E-state index in [1.54, 1.807) is 60.7 Å². The number of hydrogen-bond acceptors (Lipinski definition) is 3. The Labute approximate surface area is 181 Å². The van der Waals surface area contributed by atoms with E-state index in [2.05, 4.69) is 31.9 Å². The fourth-order valence-electron chi connectivity index (χ4n) is 2.56. The Kier molecular flexibility index (Phi) is 6.33. The maximum absolute atomic E-state index is 13.3. The molecule has 3 rings (SSSR count). The maximum Gasteiger partial charge on any atom is 0.210 e. The number of ketones is 1. The van der Waals surface area contributed by atoms with Crippen LogP contribution in [0.15, 0.2) is 91.5 Å². The molecule has 3 aromatic rings. The average Bonchev–Trinajstić information content (AvgIpc) is 2.68. The first kappa shape index (κ1) is 20.7. The van der Waals surface area contributed by atoms with E-state index in [1.165, 1.54) is 18.2 Å². The van der Waals surface area contributed by atoms with Crippen LogP contribution < -0.4 is 0 Å². The first-order chi connectivity index (χ1) is 13.3. The average molecular weight is 520 g/mol. The number of sulfone groups is 1. The van der Waals surface area contributed by atoms with E-state index in [9.17, 15) is 13.2 Å². The van der Waals surface area contributed by atoms with Crippen molar-refractivity contribution in [3.63, 3.8) is 0 Å². The third-order valence-electron chi connectivity index (χ3n) is 4.12. The molecule has 0 aromatic heterocycles. The lowest BCUT2D eigenvalue weighted by atomic mass is 10.1. The molecule has 0 atom stereocenters. The monoisotopic (exact) mass is 518 g/mol. The van der Waals surface area contributed by atoms with Crippen LogP contribution in [0.25, 0.3) is 6.08 Å². The summed E-state index contributed by atoms with van der Waals surface area (Å²) in [5.74, 6) is -0.545. The van der Waals surface area contributed by atoms with Crippen molar-refractivity contribution < 1.29 is 13.2 Å². The molecule has 0 saturated heterocycles. The van der Waals surface area contributed by atoms with Crippen LogP contribution in [0.1, 0.15) is 21.5 Å². The van der Waals surface area contributed by atoms with Gasteiger partial charge in [0.2, 0.25) is 15.6 Å². The van der Waals surface area contributed by atoms with Crippen molar-refractivity contribution in [2.45, 2.75) is 11.8 Å². The maximum atomic E-state index is 13.3. The zero-order valence-corrected chi connectivity index (χ0v) is 18.9. The Balaban J connectivity index is 2.16. The molecule has 0 aliphatic carbocycles. The van der Waals surface area contributed by atoms with E-state index in [0.717, 1.165) is 14.5 Å². The molecule has 3 aromatic carbocycles. The minimum atomic E-state index is -4.00. The Bertz CT molecular complexity index is 1130. The van der Waals surface area contributed by atoms with Gasteiger partial charge in [-0.25, -0.2) is 8.42 Å². The summed E-state index contributed by atoms with van der Waals surface area (Å²) in [7, 11) is -4.00. The molecule has 0 aliphatic rings. The van der Waals surface area contributed by atoms with E-state index < -0.39 is 15.6 Å². The van der Waals surface area contributed by atoms with Crippen molar-refractivity contribution >= 4 is 53.6 Å². The van der Waals surface area contributed by atoms with Gasteiger partial charge in [-0.1, -0.05) is 61.7 Å². The lowest BCUT2D eigenvalue weighted by Crippen LogP contribution is -2.14. The van der Waals surface area contributed by atoms with Crippen molar-refractivity contribution in [2.24, 2.45) is 0 Å². The molecule has 142 valence electrons. The molecule has 0 saturated carbocycles. The SMILES string of the molecule is Cc1ccc(S(=O)(=O)/C(=C/c2ccc(Br)cc2)C(=O)c2ccc(Br)cc2)cc1. The number of allylic oxidation sites excluding steroid dienone is 1. The molecule has 0 fully saturated rings. The highest BCUT2D eigenvalue weighted by Gasteiger charge is 2.28. The second kappa shape index (κ2) is 8.55. The molecule has 0 spiro atoms. The van der Waals surface area contributed by atoms with Gasteiger partial charge in [0.1, 0.15) is 4.91 Å². The van der Waals surface area contributed by atoms with Crippen molar-refractivity contribution in [3.05, 3.63) is 103 Å². The summed E-state index contributed by atoms with van der Waals surface area (Å²) < 4.78 is 28.3. The van der Waals surface area contributed by atoms with Crippen LogP contribution >= 0.6 is 31.9 Å². The van der Waals surface area contributed by atoms with Crippen LogP contribution in [0.3, 0.4) is 0 Å². The van der Waals surface area contributed by atoms with Crippen molar-refractivity contribution in [1.82, 2.24) is 0 Å². The lowest BCUT2D eigenvalue weighted by Gasteiger charge is -2.10. The molecule has 28 heavy (non-hydrogen) atoms. The van der Waals surface area contributed by atoms with E-state index in [1.807, 2.05) is 6.92 Å². The van der Waals surface area contributed by atoms with Crippen LogP contribution in [-0.4, -0.2) is 14.2 Å². The van der Waals surface area contributed by atoms with Gasteiger partial charge >= 0.3 is 0 Å². The van der Waals surface area contributed by atoms with Crippen LogP contribution in [0.4, 0.5) is 0 Å². The summed E-state index contributed by atoms with van der Waals surface area (Å²) in [6.45, 7) is 1.88. The number of rotatable bonds is 5. The van der Waals surface area contributed by atoms with E-state index in [-0.39, 0.29) is 9.80 Å². The highest BCUT2D eigenvalue weighted by molar-refractivity contribution is 9.10. The molecule has 0 bridgehead atoms. The standard InChI is InChI=1S/C22H16Br2O3S/c1-15-2-12-20(13-3-15)28(26,27)21(14-16-4-8-18(23)9-5-16)22(25)17-6-10-19(24)11-7-17/h2-14H,1H3/b21-14+. The number of hydrogen-bond donors (Lipinski definition) is 0. The smallest absolute Gasteiger partial charge is 0.210 e. The zero-order chi connectivity index (χ0) is 20.3. The molecule has 0 heterocycles. The highest BCUT2D eigenvalue weighted by Crippen LogP contribution is 2.26. The van der Waals surface area contributed by atoms with Gasteiger partial charge in [0, 0.05) is 14.5 Å². The number of benzene rings is 3. The minimum Gasteiger partial charge on any atom is -0.288 e. The number of aryl methyl sites for hydroxylation is 1. The Hall–Kier alpha value is -2.02. The van der Waals surface area contributed by atoms with Gasteiger partial charge in [-0.15, -0.1) is 0 Å². The van der Waals surface area contributed by atoms with E-state index in [4.69, 9.17) is 0 Å². The topological polar surface area (TPSA) is 51.2 Å². The summed E-state index contributed by atoms with van der Waals surface area (Å²) in [5.41, 5.74) is 1.87. The summed E-state index contributed by atoms with van der Waals surface area (Å²) in [5, 5.41) is 0. The molecule has 0 amide bonds. The van der Waals surface area contributed by atoms with Gasteiger partial charge in [-0.3, -0.25) is 4.79 Å². The largest absolute Gasteiger partial charge is 0.288 e.